The highest BCUT2D eigenvalue weighted by atomic mass is 16.5. The van der Waals surface area contributed by atoms with Gasteiger partial charge in [0.1, 0.15) is 17.6 Å². The fourth-order valence-electron chi connectivity index (χ4n) is 2.85. The SMILES string of the molecule is CCCc1cc(C(=O)N2CCOC[C@H]2c2nc(C)cc(NC)n2)no1. The first kappa shape index (κ1) is 17.3. The van der Waals surface area contributed by atoms with Crippen LogP contribution in [0.2, 0.25) is 0 Å². The summed E-state index contributed by atoms with van der Waals surface area (Å²) in [6, 6.07) is 3.22. The summed E-state index contributed by atoms with van der Waals surface area (Å²) in [7, 11) is 1.80. The summed E-state index contributed by atoms with van der Waals surface area (Å²) >= 11 is 0. The Bertz CT molecular complexity index is 746. The number of rotatable bonds is 5. The Hall–Kier alpha value is -2.48. The average molecular weight is 345 g/mol. The van der Waals surface area contributed by atoms with Gasteiger partial charge in [0.05, 0.1) is 13.2 Å². The van der Waals surface area contributed by atoms with Crippen molar-refractivity contribution in [3.8, 4) is 0 Å². The highest BCUT2D eigenvalue weighted by Gasteiger charge is 2.33. The first-order valence-electron chi connectivity index (χ1n) is 8.50. The third-order valence-electron chi connectivity index (χ3n) is 4.09. The third-order valence-corrected chi connectivity index (χ3v) is 4.09. The van der Waals surface area contributed by atoms with E-state index in [-0.39, 0.29) is 11.9 Å². The van der Waals surface area contributed by atoms with E-state index in [1.807, 2.05) is 13.0 Å². The van der Waals surface area contributed by atoms with Crippen LogP contribution in [-0.4, -0.2) is 52.7 Å². The third kappa shape index (κ3) is 3.79. The number of anilines is 1. The first-order valence-corrected chi connectivity index (χ1v) is 8.50. The van der Waals surface area contributed by atoms with Gasteiger partial charge in [-0.05, 0) is 13.3 Å². The molecule has 0 radical (unpaired) electrons. The van der Waals surface area contributed by atoms with E-state index in [0.29, 0.717) is 37.1 Å². The summed E-state index contributed by atoms with van der Waals surface area (Å²) in [5, 5.41) is 6.95. The van der Waals surface area contributed by atoms with Crippen LogP contribution in [0.3, 0.4) is 0 Å². The van der Waals surface area contributed by atoms with Crippen molar-refractivity contribution in [1.29, 1.82) is 0 Å². The maximum Gasteiger partial charge on any atom is 0.276 e. The molecule has 0 bridgehead atoms. The van der Waals surface area contributed by atoms with Crippen molar-refractivity contribution in [1.82, 2.24) is 20.0 Å². The van der Waals surface area contributed by atoms with Crippen LogP contribution in [0.25, 0.3) is 0 Å². The predicted octanol–water partition coefficient (Wildman–Crippen LogP) is 1.98. The zero-order chi connectivity index (χ0) is 17.8. The van der Waals surface area contributed by atoms with Gasteiger partial charge < -0.3 is 19.5 Å². The Labute approximate surface area is 146 Å². The van der Waals surface area contributed by atoms with Crippen LogP contribution in [0.5, 0.6) is 0 Å². The second-order valence-electron chi connectivity index (χ2n) is 6.02. The Balaban J connectivity index is 1.87. The average Bonchev–Trinajstić information content (AvgIpc) is 3.09. The maximum absolute atomic E-state index is 12.9. The van der Waals surface area contributed by atoms with Gasteiger partial charge in [0.15, 0.2) is 11.5 Å². The Morgan fingerprint density at radius 3 is 3.00 bits per heavy atom. The standard InChI is InChI=1S/C17H23N5O3/c1-4-5-12-9-13(21-25-12)17(23)22-6-7-24-10-14(22)16-19-11(2)8-15(18-3)20-16/h8-9,14H,4-7,10H2,1-3H3,(H,18,19,20)/t14-/m0/s1. The molecule has 1 N–H and O–H groups in total. The lowest BCUT2D eigenvalue weighted by Gasteiger charge is -2.34. The van der Waals surface area contributed by atoms with Gasteiger partial charge in [0.2, 0.25) is 0 Å². The summed E-state index contributed by atoms with van der Waals surface area (Å²) in [5.41, 5.74) is 1.15. The number of aryl methyl sites for hydroxylation is 2. The van der Waals surface area contributed by atoms with Crippen LogP contribution in [0.15, 0.2) is 16.7 Å². The van der Waals surface area contributed by atoms with Crippen LogP contribution in [0.1, 0.15) is 47.2 Å². The number of nitrogens with one attached hydrogen (secondary N) is 1. The number of carbonyl (C=O) groups is 1. The zero-order valence-electron chi connectivity index (χ0n) is 14.8. The second kappa shape index (κ2) is 7.60. The minimum atomic E-state index is -0.348. The van der Waals surface area contributed by atoms with Crippen LogP contribution in [-0.2, 0) is 11.2 Å². The van der Waals surface area contributed by atoms with Crippen LogP contribution >= 0.6 is 0 Å². The van der Waals surface area contributed by atoms with Crippen molar-refractivity contribution in [2.45, 2.75) is 32.7 Å². The second-order valence-corrected chi connectivity index (χ2v) is 6.02. The topological polar surface area (TPSA) is 93.4 Å². The minimum Gasteiger partial charge on any atom is -0.377 e. The van der Waals surface area contributed by atoms with Crippen molar-refractivity contribution in [2.75, 3.05) is 32.1 Å². The van der Waals surface area contributed by atoms with Crippen LogP contribution < -0.4 is 5.32 Å². The van der Waals surface area contributed by atoms with Gasteiger partial charge in [-0.2, -0.15) is 0 Å². The lowest BCUT2D eigenvalue weighted by Crippen LogP contribution is -2.44. The first-order chi connectivity index (χ1) is 12.1. The van der Waals surface area contributed by atoms with E-state index in [4.69, 9.17) is 9.26 Å². The van der Waals surface area contributed by atoms with Crippen LogP contribution in [0, 0.1) is 6.92 Å². The molecule has 2 aromatic heterocycles. The van der Waals surface area contributed by atoms with Gasteiger partial charge in [-0.25, -0.2) is 9.97 Å². The molecule has 0 spiro atoms. The molecule has 1 aliphatic heterocycles. The summed E-state index contributed by atoms with van der Waals surface area (Å²) in [6.45, 7) is 5.25. The fourth-order valence-corrected chi connectivity index (χ4v) is 2.85. The Kier molecular flexibility index (Phi) is 5.28. The smallest absolute Gasteiger partial charge is 0.276 e. The summed E-state index contributed by atoms with van der Waals surface area (Å²) < 4.78 is 10.8. The lowest BCUT2D eigenvalue weighted by molar-refractivity contribution is -0.00572. The molecular formula is C17H23N5O3. The number of hydrogen-bond donors (Lipinski definition) is 1. The number of nitrogens with zero attached hydrogens (tertiary/aromatic N) is 4. The van der Waals surface area contributed by atoms with Gasteiger partial charge >= 0.3 is 0 Å². The van der Waals surface area contributed by atoms with Gasteiger partial charge in [0, 0.05) is 37.8 Å². The summed E-state index contributed by atoms with van der Waals surface area (Å²) in [4.78, 5) is 23.6. The molecule has 8 nitrogen and oxygen atoms in total. The molecular weight excluding hydrogens is 322 g/mol. The fraction of sp³-hybridized carbons (Fsp3) is 0.529. The largest absolute Gasteiger partial charge is 0.377 e. The van der Waals surface area contributed by atoms with E-state index in [1.54, 1.807) is 18.0 Å². The van der Waals surface area contributed by atoms with Crippen LogP contribution in [0.4, 0.5) is 5.82 Å². The normalized spacial score (nSPS) is 17.6. The molecule has 0 aromatic carbocycles. The number of aromatic nitrogens is 3. The molecule has 3 rings (SSSR count). The number of carbonyl (C=O) groups excluding carboxylic acids is 1. The Morgan fingerprint density at radius 2 is 2.24 bits per heavy atom. The van der Waals surface area contributed by atoms with E-state index in [0.717, 1.165) is 24.3 Å². The molecule has 1 fully saturated rings. The van der Waals surface area contributed by atoms with Crippen molar-refractivity contribution in [3.63, 3.8) is 0 Å². The van der Waals surface area contributed by atoms with Gasteiger partial charge in [-0.3, -0.25) is 4.79 Å². The minimum absolute atomic E-state index is 0.185. The van der Waals surface area contributed by atoms with E-state index >= 15 is 0 Å². The highest BCUT2D eigenvalue weighted by molar-refractivity contribution is 5.92. The van der Waals surface area contributed by atoms with Crippen molar-refractivity contribution in [3.05, 3.63) is 35.1 Å². The number of morpholine rings is 1. The summed E-state index contributed by atoms with van der Waals surface area (Å²) in [6.07, 6.45) is 1.70. The molecule has 3 heterocycles. The molecule has 1 amide bonds. The molecule has 134 valence electrons. The van der Waals surface area contributed by atoms with Gasteiger partial charge in [-0.1, -0.05) is 12.1 Å². The molecule has 2 aromatic rings. The van der Waals surface area contributed by atoms with Crippen molar-refractivity contribution in [2.24, 2.45) is 0 Å². The summed E-state index contributed by atoms with van der Waals surface area (Å²) in [5.74, 6) is 1.82. The highest BCUT2D eigenvalue weighted by Crippen LogP contribution is 2.25. The monoisotopic (exact) mass is 345 g/mol. The van der Waals surface area contributed by atoms with Gasteiger partial charge in [0.25, 0.3) is 5.91 Å². The molecule has 0 aliphatic carbocycles. The van der Waals surface area contributed by atoms with E-state index in [1.165, 1.54) is 0 Å². The van der Waals surface area contributed by atoms with Crippen molar-refractivity contribution < 1.29 is 14.1 Å². The van der Waals surface area contributed by atoms with Gasteiger partial charge in [-0.15, -0.1) is 0 Å². The molecule has 1 aliphatic rings. The Morgan fingerprint density at radius 1 is 1.40 bits per heavy atom. The molecule has 8 heteroatoms. The van der Waals surface area contributed by atoms with E-state index in [9.17, 15) is 4.79 Å². The molecule has 0 unspecified atom stereocenters. The number of amides is 1. The van der Waals surface area contributed by atoms with Crippen molar-refractivity contribution >= 4 is 11.7 Å². The lowest BCUT2D eigenvalue weighted by atomic mass is 10.1. The van der Waals surface area contributed by atoms with E-state index in [2.05, 4.69) is 27.4 Å². The predicted molar refractivity (Wildman–Crippen MR) is 91.4 cm³/mol. The molecule has 0 saturated carbocycles. The molecule has 1 saturated heterocycles. The maximum atomic E-state index is 12.9. The molecule has 1 atom stereocenters. The zero-order valence-corrected chi connectivity index (χ0v) is 14.8. The number of hydrogen-bond acceptors (Lipinski definition) is 7. The quantitative estimate of drug-likeness (QED) is 0.885. The number of ether oxygens (including phenoxy) is 1. The van der Waals surface area contributed by atoms with E-state index < -0.39 is 0 Å². The molecule has 25 heavy (non-hydrogen) atoms.